The third-order valence-electron chi connectivity index (χ3n) is 3.68. The van der Waals surface area contributed by atoms with Gasteiger partial charge in [0, 0.05) is 25.3 Å². The van der Waals surface area contributed by atoms with Crippen molar-refractivity contribution < 1.29 is 4.79 Å². The lowest BCUT2D eigenvalue weighted by Gasteiger charge is -2.14. The van der Waals surface area contributed by atoms with Gasteiger partial charge in [-0.3, -0.25) is 9.89 Å². The van der Waals surface area contributed by atoms with Crippen LogP contribution >= 0.6 is 0 Å². The summed E-state index contributed by atoms with van der Waals surface area (Å²) in [5.41, 5.74) is 0.544. The van der Waals surface area contributed by atoms with Crippen LogP contribution in [-0.2, 0) is 0 Å². The Morgan fingerprint density at radius 1 is 1.53 bits per heavy atom. The Kier molecular flexibility index (Phi) is 2.84. The van der Waals surface area contributed by atoms with Crippen LogP contribution in [0.5, 0.6) is 0 Å². The second-order valence-electron chi connectivity index (χ2n) is 5.06. The van der Waals surface area contributed by atoms with E-state index in [1.807, 2.05) is 0 Å². The number of nitrogens with one attached hydrogen (secondary N) is 2. The maximum absolute atomic E-state index is 11.7. The van der Waals surface area contributed by atoms with E-state index in [4.69, 9.17) is 0 Å². The molecular weight excluding hydrogens is 216 g/mol. The highest BCUT2D eigenvalue weighted by Crippen LogP contribution is 2.31. The Morgan fingerprint density at radius 3 is 3.12 bits per heavy atom. The molecule has 3 rings (SSSR count). The summed E-state index contributed by atoms with van der Waals surface area (Å²) in [7, 11) is 0. The molecule has 0 radical (unpaired) electrons. The first-order valence-electron chi connectivity index (χ1n) is 6.34. The van der Waals surface area contributed by atoms with Gasteiger partial charge in [0.05, 0.1) is 0 Å². The number of hydrogen-bond donors (Lipinski definition) is 2. The maximum Gasteiger partial charge on any atom is 0.269 e. The summed E-state index contributed by atoms with van der Waals surface area (Å²) in [6.45, 7) is 3.13. The Hall–Kier alpha value is -1.36. The molecular formula is C12H18N4O. The van der Waals surface area contributed by atoms with Crippen molar-refractivity contribution in [3.05, 3.63) is 18.0 Å². The number of carbonyl (C=O) groups is 1. The van der Waals surface area contributed by atoms with E-state index in [2.05, 4.69) is 20.4 Å². The summed E-state index contributed by atoms with van der Waals surface area (Å²) in [5.74, 6) is 0.565. The molecule has 1 aliphatic heterocycles. The molecule has 2 aliphatic rings. The quantitative estimate of drug-likeness (QED) is 0.803. The van der Waals surface area contributed by atoms with Crippen molar-refractivity contribution in [3.63, 3.8) is 0 Å². The van der Waals surface area contributed by atoms with Crippen molar-refractivity contribution >= 4 is 5.91 Å². The zero-order valence-corrected chi connectivity index (χ0v) is 9.85. The molecule has 1 aromatic rings. The number of likely N-dealkylation sites (tertiary alicyclic amines) is 1. The molecule has 0 spiro atoms. The highest BCUT2D eigenvalue weighted by atomic mass is 16.1. The van der Waals surface area contributed by atoms with Crippen LogP contribution in [-0.4, -0.2) is 46.7 Å². The largest absolute Gasteiger partial charge is 0.350 e. The first-order valence-corrected chi connectivity index (χ1v) is 6.34. The normalized spacial score (nSPS) is 25.1. The van der Waals surface area contributed by atoms with Gasteiger partial charge in [0.2, 0.25) is 0 Å². The number of aromatic nitrogens is 2. The monoisotopic (exact) mass is 234 g/mol. The summed E-state index contributed by atoms with van der Waals surface area (Å²) in [5, 5.41) is 9.42. The molecule has 1 amide bonds. The summed E-state index contributed by atoms with van der Waals surface area (Å²) < 4.78 is 0. The average Bonchev–Trinajstić information content (AvgIpc) is 2.88. The van der Waals surface area contributed by atoms with E-state index in [1.54, 1.807) is 12.3 Å². The number of amides is 1. The van der Waals surface area contributed by atoms with E-state index in [9.17, 15) is 4.79 Å². The summed E-state index contributed by atoms with van der Waals surface area (Å²) in [6.07, 6.45) is 5.54. The number of rotatable bonds is 4. The summed E-state index contributed by atoms with van der Waals surface area (Å²) in [6, 6.07) is 2.55. The highest BCUT2D eigenvalue weighted by molar-refractivity contribution is 5.92. The van der Waals surface area contributed by atoms with Gasteiger partial charge in [-0.25, -0.2) is 0 Å². The molecule has 0 aromatic carbocycles. The van der Waals surface area contributed by atoms with Crippen LogP contribution in [0, 0.1) is 5.92 Å². The molecule has 2 heterocycles. The lowest BCUT2D eigenvalue weighted by Crippen LogP contribution is -2.31. The fraction of sp³-hybridized carbons (Fsp3) is 0.667. The topological polar surface area (TPSA) is 61.0 Å². The molecule has 92 valence electrons. The van der Waals surface area contributed by atoms with Gasteiger partial charge >= 0.3 is 0 Å². The zero-order chi connectivity index (χ0) is 11.7. The van der Waals surface area contributed by atoms with E-state index < -0.39 is 0 Å². The Bertz CT molecular complexity index is 385. The summed E-state index contributed by atoms with van der Waals surface area (Å²) in [4.78, 5) is 14.3. The van der Waals surface area contributed by atoms with Crippen LogP contribution in [0.1, 0.15) is 29.8 Å². The van der Waals surface area contributed by atoms with Crippen LogP contribution in [0.3, 0.4) is 0 Å². The third kappa shape index (κ3) is 2.49. The van der Waals surface area contributed by atoms with Crippen molar-refractivity contribution in [2.45, 2.75) is 25.3 Å². The SMILES string of the molecule is O=C(NC[C@@H]1CCN(C2CC2)C1)c1ccn[nH]1. The van der Waals surface area contributed by atoms with E-state index in [0.717, 1.165) is 19.1 Å². The van der Waals surface area contributed by atoms with Crippen molar-refractivity contribution in [1.29, 1.82) is 0 Å². The van der Waals surface area contributed by atoms with Crippen LogP contribution < -0.4 is 5.32 Å². The Balaban J connectivity index is 1.44. The Morgan fingerprint density at radius 2 is 2.41 bits per heavy atom. The smallest absolute Gasteiger partial charge is 0.269 e. The van der Waals surface area contributed by atoms with E-state index in [1.165, 1.54) is 25.8 Å². The number of aromatic amines is 1. The number of H-pyrrole nitrogens is 1. The maximum atomic E-state index is 11.7. The number of carbonyl (C=O) groups excluding carboxylic acids is 1. The summed E-state index contributed by atoms with van der Waals surface area (Å²) >= 11 is 0. The zero-order valence-electron chi connectivity index (χ0n) is 9.85. The van der Waals surface area contributed by atoms with Crippen molar-refractivity contribution in [1.82, 2.24) is 20.4 Å². The predicted molar refractivity (Wildman–Crippen MR) is 63.6 cm³/mol. The molecule has 1 saturated heterocycles. The van der Waals surface area contributed by atoms with Crippen LogP contribution in [0.2, 0.25) is 0 Å². The van der Waals surface area contributed by atoms with Crippen LogP contribution in [0.25, 0.3) is 0 Å². The van der Waals surface area contributed by atoms with Gasteiger partial charge < -0.3 is 10.2 Å². The average molecular weight is 234 g/mol. The molecule has 1 aliphatic carbocycles. The van der Waals surface area contributed by atoms with Gasteiger partial charge in [0.15, 0.2) is 0 Å². The Labute approximate surface area is 101 Å². The van der Waals surface area contributed by atoms with Crippen LogP contribution in [0.4, 0.5) is 0 Å². The van der Waals surface area contributed by atoms with Gasteiger partial charge in [0.1, 0.15) is 5.69 Å². The van der Waals surface area contributed by atoms with Gasteiger partial charge in [-0.15, -0.1) is 0 Å². The van der Waals surface area contributed by atoms with Gasteiger partial charge in [0.25, 0.3) is 5.91 Å². The fourth-order valence-electron chi connectivity index (χ4n) is 2.52. The third-order valence-corrected chi connectivity index (χ3v) is 3.68. The first kappa shape index (κ1) is 10.8. The van der Waals surface area contributed by atoms with E-state index in [-0.39, 0.29) is 5.91 Å². The van der Waals surface area contributed by atoms with E-state index in [0.29, 0.717) is 11.6 Å². The molecule has 1 atom stereocenters. The highest BCUT2D eigenvalue weighted by Gasteiger charge is 2.34. The lowest BCUT2D eigenvalue weighted by atomic mass is 10.1. The molecule has 2 N–H and O–H groups in total. The van der Waals surface area contributed by atoms with Crippen LogP contribution in [0.15, 0.2) is 12.3 Å². The van der Waals surface area contributed by atoms with Crippen molar-refractivity contribution in [2.75, 3.05) is 19.6 Å². The van der Waals surface area contributed by atoms with Gasteiger partial charge in [-0.1, -0.05) is 0 Å². The minimum atomic E-state index is -0.0487. The molecule has 0 bridgehead atoms. The first-order chi connectivity index (χ1) is 8.33. The molecule has 2 fully saturated rings. The molecule has 0 unspecified atom stereocenters. The number of nitrogens with zero attached hydrogens (tertiary/aromatic N) is 2. The fourth-order valence-corrected chi connectivity index (χ4v) is 2.52. The predicted octanol–water partition coefficient (Wildman–Crippen LogP) is 0.624. The molecule has 5 nitrogen and oxygen atoms in total. The molecule has 17 heavy (non-hydrogen) atoms. The van der Waals surface area contributed by atoms with Crippen molar-refractivity contribution in [3.8, 4) is 0 Å². The molecule has 5 heteroatoms. The van der Waals surface area contributed by atoms with Gasteiger partial charge in [-0.05, 0) is 37.8 Å². The van der Waals surface area contributed by atoms with E-state index >= 15 is 0 Å². The molecule has 1 saturated carbocycles. The second-order valence-corrected chi connectivity index (χ2v) is 5.06. The second kappa shape index (κ2) is 4.49. The van der Waals surface area contributed by atoms with Crippen molar-refractivity contribution in [2.24, 2.45) is 5.92 Å². The minimum Gasteiger partial charge on any atom is -0.350 e. The molecule has 1 aromatic heterocycles. The minimum absolute atomic E-state index is 0.0487. The lowest BCUT2D eigenvalue weighted by molar-refractivity contribution is 0.0942. The number of hydrogen-bond acceptors (Lipinski definition) is 3. The standard InChI is InChI=1S/C12H18N4O/c17-12(11-3-5-14-15-11)13-7-9-4-6-16(8-9)10-1-2-10/h3,5,9-10H,1-2,4,6-8H2,(H,13,17)(H,14,15)/t9-/m0/s1. The van der Waals surface area contributed by atoms with Gasteiger partial charge in [-0.2, -0.15) is 5.10 Å².